The van der Waals surface area contributed by atoms with Crippen LogP contribution in [0.25, 0.3) is 0 Å². The van der Waals surface area contributed by atoms with Crippen molar-refractivity contribution in [2.45, 2.75) is 51.7 Å². The Morgan fingerprint density at radius 2 is 2.20 bits per heavy atom. The Morgan fingerprint density at radius 1 is 1.55 bits per heavy atom. The summed E-state index contributed by atoms with van der Waals surface area (Å²) in [5.41, 5.74) is -0.576. The van der Waals surface area contributed by atoms with Gasteiger partial charge in [0.05, 0.1) is 17.3 Å². The fraction of sp³-hybridized carbons (Fsp3) is 0.667. The Kier molecular flexibility index (Phi) is 3.93. The quantitative estimate of drug-likeness (QED) is 0.865. The summed E-state index contributed by atoms with van der Waals surface area (Å²) < 4.78 is 5.60. The molecule has 0 spiro atoms. The number of aliphatic hydroxyl groups is 2. The lowest BCUT2D eigenvalue weighted by Gasteiger charge is -2.39. The summed E-state index contributed by atoms with van der Waals surface area (Å²) in [6.07, 6.45) is -0.551. The van der Waals surface area contributed by atoms with Crippen molar-refractivity contribution in [2.75, 3.05) is 13.1 Å². The molecular weight excluding hydrogens is 258 g/mol. The predicted molar refractivity (Wildman–Crippen MR) is 74.7 cm³/mol. The van der Waals surface area contributed by atoms with Gasteiger partial charge in [0, 0.05) is 19.0 Å². The van der Waals surface area contributed by atoms with Crippen molar-refractivity contribution < 1.29 is 19.4 Å². The summed E-state index contributed by atoms with van der Waals surface area (Å²) >= 11 is 0. The van der Waals surface area contributed by atoms with E-state index in [-0.39, 0.29) is 18.4 Å². The molecule has 0 radical (unpaired) electrons. The second kappa shape index (κ2) is 5.22. The highest BCUT2D eigenvalue weighted by Gasteiger charge is 2.38. The molecule has 2 rings (SSSR count). The number of hydrogen-bond donors (Lipinski definition) is 2. The number of β-amino-alcohol motifs (C(OH)–C–C–N with tert-alkyl or cyclic N) is 1. The van der Waals surface area contributed by atoms with Gasteiger partial charge in [-0.1, -0.05) is 13.8 Å². The van der Waals surface area contributed by atoms with Crippen LogP contribution < -0.4 is 0 Å². The van der Waals surface area contributed by atoms with Crippen LogP contribution in [0.5, 0.6) is 0 Å². The molecule has 0 bridgehead atoms. The molecule has 1 aromatic rings. The van der Waals surface area contributed by atoms with Gasteiger partial charge in [-0.05, 0) is 26.3 Å². The molecule has 1 saturated heterocycles. The van der Waals surface area contributed by atoms with Crippen molar-refractivity contribution in [2.24, 2.45) is 0 Å². The topological polar surface area (TPSA) is 73.9 Å². The lowest BCUT2D eigenvalue weighted by Crippen LogP contribution is -2.55. The average molecular weight is 281 g/mol. The van der Waals surface area contributed by atoms with Crippen LogP contribution in [0.2, 0.25) is 0 Å². The van der Waals surface area contributed by atoms with E-state index < -0.39 is 11.7 Å². The van der Waals surface area contributed by atoms with Gasteiger partial charge in [0.25, 0.3) is 5.91 Å². The first kappa shape index (κ1) is 15.1. The fourth-order valence-corrected chi connectivity index (χ4v) is 2.38. The molecule has 20 heavy (non-hydrogen) atoms. The smallest absolute Gasteiger partial charge is 0.257 e. The van der Waals surface area contributed by atoms with Crippen molar-refractivity contribution in [1.82, 2.24) is 4.90 Å². The molecule has 0 aromatic carbocycles. The summed E-state index contributed by atoms with van der Waals surface area (Å²) in [5, 5.41) is 19.8. The Hall–Kier alpha value is -1.33. The van der Waals surface area contributed by atoms with E-state index in [9.17, 15) is 15.0 Å². The highest BCUT2D eigenvalue weighted by molar-refractivity contribution is 5.95. The van der Waals surface area contributed by atoms with Gasteiger partial charge >= 0.3 is 0 Å². The Balaban J connectivity index is 2.16. The van der Waals surface area contributed by atoms with E-state index in [2.05, 4.69) is 0 Å². The minimum Gasteiger partial charge on any atom is -0.465 e. The maximum Gasteiger partial charge on any atom is 0.257 e. The first-order valence-corrected chi connectivity index (χ1v) is 7.02. The molecule has 1 aliphatic rings. The van der Waals surface area contributed by atoms with Crippen molar-refractivity contribution >= 4 is 5.91 Å². The second-order valence-corrected chi connectivity index (χ2v) is 6.15. The zero-order valence-corrected chi connectivity index (χ0v) is 12.5. The summed E-state index contributed by atoms with van der Waals surface area (Å²) in [4.78, 5) is 14.1. The van der Waals surface area contributed by atoms with Crippen LogP contribution in [-0.4, -0.2) is 45.8 Å². The summed E-state index contributed by atoms with van der Waals surface area (Å²) in [6.45, 7) is 7.97. The zero-order valence-electron chi connectivity index (χ0n) is 12.5. The minimum atomic E-state index is -1.12. The van der Waals surface area contributed by atoms with E-state index in [4.69, 9.17) is 4.42 Å². The van der Waals surface area contributed by atoms with E-state index in [0.29, 0.717) is 24.3 Å². The van der Waals surface area contributed by atoms with E-state index in [1.807, 2.05) is 13.8 Å². The van der Waals surface area contributed by atoms with Gasteiger partial charge in [-0.3, -0.25) is 4.79 Å². The Morgan fingerprint density at radius 3 is 2.70 bits per heavy atom. The number of rotatable bonds is 2. The predicted octanol–water partition coefficient (Wildman–Crippen LogP) is 1.67. The molecule has 1 aliphatic heterocycles. The van der Waals surface area contributed by atoms with Crippen LogP contribution in [0.1, 0.15) is 55.0 Å². The first-order chi connectivity index (χ1) is 9.22. The molecular formula is C15H23NO4. The zero-order chi connectivity index (χ0) is 15.1. The molecule has 0 saturated carbocycles. The standard InChI is InChI=1S/C15H23NO4/c1-9(2)12-7-11(10(3)20-12)14(18)16-6-5-15(4,19)13(17)8-16/h7,9,13,17,19H,5-6,8H2,1-4H3/t13-,15-/m1/s1. The molecule has 5 nitrogen and oxygen atoms in total. The van der Waals surface area contributed by atoms with Gasteiger partial charge in [-0.25, -0.2) is 0 Å². The SMILES string of the molecule is Cc1oc(C(C)C)cc1C(=O)N1CC[C@@](C)(O)[C@H](O)C1. The third kappa shape index (κ3) is 2.74. The molecule has 1 fully saturated rings. The number of furan rings is 1. The van der Waals surface area contributed by atoms with Crippen LogP contribution in [0.3, 0.4) is 0 Å². The largest absolute Gasteiger partial charge is 0.465 e. The molecule has 112 valence electrons. The number of carbonyl (C=O) groups excluding carboxylic acids is 1. The molecule has 0 aliphatic carbocycles. The van der Waals surface area contributed by atoms with E-state index in [1.165, 1.54) is 0 Å². The van der Waals surface area contributed by atoms with Gasteiger partial charge in [-0.15, -0.1) is 0 Å². The molecule has 2 N–H and O–H groups in total. The lowest BCUT2D eigenvalue weighted by molar-refractivity contribution is -0.0999. The summed E-state index contributed by atoms with van der Waals surface area (Å²) in [6, 6.07) is 1.78. The van der Waals surface area contributed by atoms with Crippen molar-refractivity contribution in [1.29, 1.82) is 0 Å². The Bertz CT molecular complexity index is 504. The fourth-order valence-electron chi connectivity index (χ4n) is 2.38. The summed E-state index contributed by atoms with van der Waals surface area (Å²) in [5.74, 6) is 1.47. The lowest BCUT2D eigenvalue weighted by atomic mass is 9.90. The van der Waals surface area contributed by atoms with Crippen LogP contribution in [0.4, 0.5) is 0 Å². The number of aliphatic hydroxyl groups excluding tert-OH is 1. The molecule has 2 atom stereocenters. The maximum atomic E-state index is 12.5. The third-order valence-corrected chi connectivity index (χ3v) is 4.02. The maximum absolute atomic E-state index is 12.5. The van der Waals surface area contributed by atoms with Gasteiger partial charge < -0.3 is 19.5 Å². The van der Waals surface area contributed by atoms with Gasteiger partial charge in [0.1, 0.15) is 11.5 Å². The Labute approximate surface area is 119 Å². The number of piperidine rings is 1. The van der Waals surface area contributed by atoms with Crippen LogP contribution in [0, 0.1) is 6.92 Å². The molecule has 2 heterocycles. The molecule has 0 unspecified atom stereocenters. The highest BCUT2D eigenvalue weighted by atomic mass is 16.3. The van der Waals surface area contributed by atoms with Gasteiger partial charge in [0.2, 0.25) is 0 Å². The summed E-state index contributed by atoms with van der Waals surface area (Å²) in [7, 11) is 0. The number of aryl methyl sites for hydroxylation is 1. The molecule has 1 aromatic heterocycles. The third-order valence-electron chi connectivity index (χ3n) is 4.02. The number of hydrogen-bond acceptors (Lipinski definition) is 4. The number of amides is 1. The van der Waals surface area contributed by atoms with Crippen LogP contribution in [0.15, 0.2) is 10.5 Å². The van der Waals surface area contributed by atoms with E-state index in [1.54, 1.807) is 24.8 Å². The van der Waals surface area contributed by atoms with Crippen molar-refractivity contribution in [3.05, 3.63) is 23.2 Å². The average Bonchev–Trinajstić information content (AvgIpc) is 2.74. The van der Waals surface area contributed by atoms with Crippen LogP contribution >= 0.6 is 0 Å². The monoisotopic (exact) mass is 281 g/mol. The highest BCUT2D eigenvalue weighted by Crippen LogP contribution is 2.26. The number of likely N-dealkylation sites (tertiary alicyclic amines) is 1. The van der Waals surface area contributed by atoms with Gasteiger partial charge in [0.15, 0.2) is 0 Å². The van der Waals surface area contributed by atoms with Crippen molar-refractivity contribution in [3.8, 4) is 0 Å². The van der Waals surface area contributed by atoms with Gasteiger partial charge in [-0.2, -0.15) is 0 Å². The van der Waals surface area contributed by atoms with Crippen molar-refractivity contribution in [3.63, 3.8) is 0 Å². The van der Waals surface area contributed by atoms with E-state index >= 15 is 0 Å². The normalized spacial score (nSPS) is 27.1. The second-order valence-electron chi connectivity index (χ2n) is 6.15. The first-order valence-electron chi connectivity index (χ1n) is 7.02. The minimum absolute atomic E-state index is 0.146. The number of nitrogens with zero attached hydrogens (tertiary/aromatic N) is 1. The molecule has 5 heteroatoms. The number of carbonyl (C=O) groups is 1. The molecule has 1 amide bonds. The van der Waals surface area contributed by atoms with Crippen LogP contribution in [-0.2, 0) is 0 Å². The van der Waals surface area contributed by atoms with E-state index in [0.717, 1.165) is 5.76 Å².